The number of rotatable bonds is 4. The molecule has 0 spiro atoms. The van der Waals surface area contributed by atoms with Crippen molar-refractivity contribution in [3.63, 3.8) is 0 Å². The van der Waals surface area contributed by atoms with E-state index in [1.807, 2.05) is 13.8 Å². The van der Waals surface area contributed by atoms with Crippen LogP contribution >= 0.6 is 0 Å². The normalized spacial score (nSPS) is 10.7. The first-order valence-corrected chi connectivity index (χ1v) is 6.44. The molecule has 0 radical (unpaired) electrons. The van der Waals surface area contributed by atoms with Gasteiger partial charge in [0.25, 0.3) is 0 Å². The van der Waals surface area contributed by atoms with Crippen LogP contribution in [0.4, 0.5) is 0 Å². The molecule has 100 valence electrons. The third-order valence-corrected chi connectivity index (χ3v) is 3.51. The van der Waals surface area contributed by atoms with Gasteiger partial charge in [0, 0.05) is 17.9 Å². The third-order valence-electron chi connectivity index (χ3n) is 3.51. The van der Waals surface area contributed by atoms with Gasteiger partial charge in [0.15, 0.2) is 0 Å². The molecule has 1 N–H and O–H groups in total. The third kappa shape index (κ3) is 2.87. The first-order chi connectivity index (χ1) is 8.99. The van der Waals surface area contributed by atoms with Gasteiger partial charge in [-0.2, -0.15) is 0 Å². The Morgan fingerprint density at radius 2 is 1.95 bits per heavy atom. The first-order valence-electron chi connectivity index (χ1n) is 6.44. The molecular formula is C16H19NO2. The summed E-state index contributed by atoms with van der Waals surface area (Å²) in [6.07, 6.45) is 0.914. The lowest BCUT2D eigenvalue weighted by atomic mass is 10.1. The minimum Gasteiger partial charge on any atom is -0.478 e. The fourth-order valence-electron chi connectivity index (χ4n) is 2.47. The van der Waals surface area contributed by atoms with Gasteiger partial charge in [-0.05, 0) is 38.8 Å². The van der Waals surface area contributed by atoms with E-state index in [-0.39, 0.29) is 0 Å². The predicted octanol–water partition coefficient (Wildman–Crippen LogP) is 3.35. The molecule has 2 rings (SSSR count). The van der Waals surface area contributed by atoms with Crippen molar-refractivity contribution >= 4 is 5.97 Å². The van der Waals surface area contributed by atoms with Gasteiger partial charge >= 0.3 is 5.97 Å². The number of hydrogen-bond acceptors (Lipinski definition) is 1. The summed E-state index contributed by atoms with van der Waals surface area (Å²) in [6.45, 7) is 6.72. The minimum atomic E-state index is -0.852. The SMILES string of the molecule is Cc1cccc(CCn2c(C)cc(C(=O)O)c2C)c1. The molecule has 0 fully saturated rings. The molecule has 1 aromatic carbocycles. The van der Waals surface area contributed by atoms with Crippen LogP contribution in [0, 0.1) is 20.8 Å². The summed E-state index contributed by atoms with van der Waals surface area (Å²) in [5.41, 5.74) is 4.77. The van der Waals surface area contributed by atoms with Gasteiger partial charge in [-0.15, -0.1) is 0 Å². The molecule has 0 bridgehead atoms. The van der Waals surface area contributed by atoms with Crippen molar-refractivity contribution in [1.82, 2.24) is 4.57 Å². The Morgan fingerprint density at radius 3 is 2.53 bits per heavy atom. The number of hydrogen-bond donors (Lipinski definition) is 1. The lowest BCUT2D eigenvalue weighted by molar-refractivity contribution is 0.0696. The fourth-order valence-corrected chi connectivity index (χ4v) is 2.47. The van der Waals surface area contributed by atoms with Crippen molar-refractivity contribution < 1.29 is 9.90 Å². The number of aromatic carboxylic acids is 1. The monoisotopic (exact) mass is 257 g/mol. The average molecular weight is 257 g/mol. The largest absolute Gasteiger partial charge is 0.478 e. The molecule has 3 heteroatoms. The standard InChI is InChI=1S/C16H19NO2/c1-11-5-4-6-14(9-11)7-8-17-12(2)10-15(13(17)3)16(18)19/h4-6,9-10H,7-8H2,1-3H3,(H,18,19). The van der Waals surface area contributed by atoms with Gasteiger partial charge in [-0.1, -0.05) is 29.8 Å². The minimum absolute atomic E-state index is 0.404. The Kier molecular flexibility index (Phi) is 3.74. The van der Waals surface area contributed by atoms with Crippen LogP contribution in [0.2, 0.25) is 0 Å². The van der Waals surface area contributed by atoms with Gasteiger partial charge in [0.05, 0.1) is 5.56 Å². The highest BCUT2D eigenvalue weighted by atomic mass is 16.4. The molecule has 3 nitrogen and oxygen atoms in total. The van der Waals surface area contributed by atoms with Crippen LogP contribution in [0.15, 0.2) is 30.3 Å². The fraction of sp³-hybridized carbons (Fsp3) is 0.312. The van der Waals surface area contributed by atoms with Crippen molar-refractivity contribution in [2.24, 2.45) is 0 Å². The second kappa shape index (κ2) is 5.31. The highest BCUT2D eigenvalue weighted by Crippen LogP contribution is 2.16. The summed E-state index contributed by atoms with van der Waals surface area (Å²) >= 11 is 0. The van der Waals surface area contributed by atoms with Gasteiger partial charge < -0.3 is 9.67 Å². The predicted molar refractivity (Wildman–Crippen MR) is 75.7 cm³/mol. The molecule has 0 aliphatic carbocycles. The molecule has 2 aromatic rings. The van der Waals surface area contributed by atoms with E-state index < -0.39 is 5.97 Å². The summed E-state index contributed by atoms with van der Waals surface area (Å²) in [6, 6.07) is 10.2. The van der Waals surface area contributed by atoms with Crippen molar-refractivity contribution in [3.05, 3.63) is 58.4 Å². The molecule has 1 heterocycles. The van der Waals surface area contributed by atoms with Crippen LogP contribution in [0.3, 0.4) is 0 Å². The molecular weight excluding hydrogens is 238 g/mol. The lowest BCUT2D eigenvalue weighted by Crippen LogP contribution is -2.07. The number of carboxylic acids is 1. The van der Waals surface area contributed by atoms with E-state index in [0.29, 0.717) is 5.56 Å². The van der Waals surface area contributed by atoms with Gasteiger partial charge in [-0.25, -0.2) is 4.79 Å². The van der Waals surface area contributed by atoms with Crippen molar-refractivity contribution in [2.45, 2.75) is 33.7 Å². The van der Waals surface area contributed by atoms with E-state index in [0.717, 1.165) is 24.4 Å². The molecule has 0 aliphatic rings. The van der Waals surface area contributed by atoms with E-state index in [4.69, 9.17) is 5.11 Å². The highest BCUT2D eigenvalue weighted by molar-refractivity contribution is 5.89. The second-order valence-electron chi connectivity index (χ2n) is 4.98. The number of carboxylic acid groups (broad SMARTS) is 1. The van der Waals surface area contributed by atoms with Crippen LogP contribution in [0.1, 0.15) is 32.9 Å². The second-order valence-corrected chi connectivity index (χ2v) is 4.98. The summed E-state index contributed by atoms with van der Waals surface area (Å²) in [5.74, 6) is -0.852. The first kappa shape index (κ1) is 13.4. The average Bonchev–Trinajstić information content (AvgIpc) is 2.63. The topological polar surface area (TPSA) is 42.2 Å². The Labute approximate surface area is 113 Å². The lowest BCUT2D eigenvalue weighted by Gasteiger charge is -2.10. The summed E-state index contributed by atoms with van der Waals surface area (Å²) in [4.78, 5) is 11.1. The van der Waals surface area contributed by atoms with E-state index in [9.17, 15) is 4.79 Å². The molecule has 0 amide bonds. The Hall–Kier alpha value is -2.03. The van der Waals surface area contributed by atoms with E-state index in [1.165, 1.54) is 11.1 Å². The highest BCUT2D eigenvalue weighted by Gasteiger charge is 2.14. The maximum Gasteiger partial charge on any atom is 0.337 e. The smallest absolute Gasteiger partial charge is 0.337 e. The zero-order valence-electron chi connectivity index (χ0n) is 11.6. The van der Waals surface area contributed by atoms with Crippen LogP contribution in [-0.2, 0) is 13.0 Å². The van der Waals surface area contributed by atoms with Crippen molar-refractivity contribution in [1.29, 1.82) is 0 Å². The summed E-state index contributed by atoms with van der Waals surface area (Å²) < 4.78 is 2.08. The Bertz CT molecular complexity index is 611. The van der Waals surface area contributed by atoms with Crippen molar-refractivity contribution in [2.75, 3.05) is 0 Å². The van der Waals surface area contributed by atoms with Gasteiger partial charge in [0.2, 0.25) is 0 Å². The Morgan fingerprint density at radius 1 is 1.21 bits per heavy atom. The Balaban J connectivity index is 2.18. The molecule has 1 aromatic heterocycles. The number of nitrogens with zero attached hydrogens (tertiary/aromatic N) is 1. The maximum absolute atomic E-state index is 11.1. The molecule has 0 saturated heterocycles. The summed E-state index contributed by atoms with van der Waals surface area (Å²) in [5, 5.41) is 9.11. The van der Waals surface area contributed by atoms with Gasteiger partial charge in [0.1, 0.15) is 0 Å². The van der Waals surface area contributed by atoms with Gasteiger partial charge in [-0.3, -0.25) is 0 Å². The number of benzene rings is 1. The molecule has 0 aliphatic heterocycles. The molecule has 0 saturated carbocycles. The van der Waals surface area contributed by atoms with E-state index >= 15 is 0 Å². The molecule has 19 heavy (non-hydrogen) atoms. The zero-order valence-corrected chi connectivity index (χ0v) is 11.6. The maximum atomic E-state index is 11.1. The quantitative estimate of drug-likeness (QED) is 0.912. The van der Waals surface area contributed by atoms with Crippen LogP contribution in [0.25, 0.3) is 0 Å². The van der Waals surface area contributed by atoms with Crippen LogP contribution in [0.5, 0.6) is 0 Å². The zero-order chi connectivity index (χ0) is 14.0. The number of carbonyl (C=O) groups is 1. The van der Waals surface area contributed by atoms with Crippen LogP contribution in [-0.4, -0.2) is 15.6 Å². The molecule has 0 atom stereocenters. The number of aromatic nitrogens is 1. The van der Waals surface area contributed by atoms with E-state index in [2.05, 4.69) is 35.8 Å². The van der Waals surface area contributed by atoms with Crippen LogP contribution < -0.4 is 0 Å². The van der Waals surface area contributed by atoms with Crippen molar-refractivity contribution in [3.8, 4) is 0 Å². The van der Waals surface area contributed by atoms with E-state index in [1.54, 1.807) is 6.07 Å². The number of aryl methyl sites for hydroxylation is 3. The summed E-state index contributed by atoms with van der Waals surface area (Å²) in [7, 11) is 0. The molecule has 0 unspecified atom stereocenters.